The molecule has 3 rings (SSSR count). The summed E-state index contributed by atoms with van der Waals surface area (Å²) in [6, 6.07) is 10.7. The number of hydrogen-bond donors (Lipinski definition) is 0. The van der Waals surface area contributed by atoms with Crippen LogP contribution in [0.3, 0.4) is 0 Å². The molecule has 0 aliphatic rings. The molecule has 0 aliphatic heterocycles. The number of ether oxygens (including phenoxy) is 2. The first-order valence-electron chi connectivity index (χ1n) is 10.6. The van der Waals surface area contributed by atoms with Crippen molar-refractivity contribution in [3.63, 3.8) is 0 Å². The van der Waals surface area contributed by atoms with Crippen LogP contribution in [0, 0.1) is 0 Å². The van der Waals surface area contributed by atoms with Gasteiger partial charge in [-0.1, -0.05) is 54.5 Å². The number of aromatic nitrogens is 1. The van der Waals surface area contributed by atoms with E-state index in [1.807, 2.05) is 25.1 Å². The van der Waals surface area contributed by atoms with Gasteiger partial charge in [-0.3, -0.25) is 9.69 Å². The van der Waals surface area contributed by atoms with Gasteiger partial charge in [0.2, 0.25) is 0 Å². The lowest BCUT2D eigenvalue weighted by atomic mass is 10.3. The van der Waals surface area contributed by atoms with Crippen LogP contribution >= 0.6 is 46.9 Å². The van der Waals surface area contributed by atoms with Crippen LogP contribution in [0.5, 0.6) is 11.5 Å². The number of carbonyl (C=O) groups excluding carboxylic acids is 1. The van der Waals surface area contributed by atoms with Gasteiger partial charge >= 0.3 is 0 Å². The lowest BCUT2D eigenvalue weighted by Gasteiger charge is -2.24. The molecule has 33 heavy (non-hydrogen) atoms. The van der Waals surface area contributed by atoms with E-state index in [1.165, 1.54) is 11.3 Å². The minimum atomic E-state index is -0.194. The highest BCUT2D eigenvalue weighted by Gasteiger charge is 2.22. The molecule has 10 heteroatoms. The largest absolute Gasteiger partial charge is 0.492 e. The topological polar surface area (TPSA) is 54.9 Å². The molecule has 0 saturated heterocycles. The maximum Gasteiger partial charge on any atom is 0.266 e. The maximum atomic E-state index is 13.2. The lowest BCUT2D eigenvalue weighted by Crippen LogP contribution is -2.41. The van der Waals surface area contributed by atoms with Crippen LogP contribution in [-0.4, -0.2) is 55.2 Å². The Morgan fingerprint density at radius 3 is 2.45 bits per heavy atom. The number of likely N-dealkylation sites (N-methyl/N-ethyl adjacent to an activating group) is 1. The van der Waals surface area contributed by atoms with Gasteiger partial charge in [-0.15, -0.1) is 12.4 Å². The van der Waals surface area contributed by atoms with Gasteiger partial charge in [-0.2, -0.15) is 0 Å². The van der Waals surface area contributed by atoms with Gasteiger partial charge in [-0.25, -0.2) is 4.98 Å². The first-order chi connectivity index (χ1) is 15.5. The van der Waals surface area contributed by atoms with E-state index in [1.54, 1.807) is 23.1 Å². The molecule has 180 valence electrons. The van der Waals surface area contributed by atoms with E-state index in [9.17, 15) is 4.79 Å². The highest BCUT2D eigenvalue weighted by atomic mass is 35.5. The SMILES string of the molecule is CCOc1cccc2sc(N(CCN(CC)CC)C(=O)COc3ccc(Cl)cc3Cl)nc12.Cl. The van der Waals surface area contributed by atoms with Gasteiger partial charge in [0, 0.05) is 18.1 Å². The summed E-state index contributed by atoms with van der Waals surface area (Å²) < 4.78 is 12.4. The number of benzene rings is 2. The molecule has 0 bridgehead atoms. The molecule has 0 aliphatic carbocycles. The molecule has 0 radical (unpaired) electrons. The van der Waals surface area contributed by atoms with Crippen LogP contribution in [0.4, 0.5) is 5.13 Å². The Labute approximate surface area is 214 Å². The highest BCUT2D eigenvalue weighted by Crippen LogP contribution is 2.34. The Morgan fingerprint density at radius 1 is 1.03 bits per heavy atom. The monoisotopic (exact) mass is 531 g/mol. The summed E-state index contributed by atoms with van der Waals surface area (Å²) in [6.45, 7) is 9.58. The first-order valence-corrected chi connectivity index (χ1v) is 12.2. The van der Waals surface area contributed by atoms with E-state index in [4.69, 9.17) is 37.7 Å². The third-order valence-corrected chi connectivity index (χ3v) is 6.56. The summed E-state index contributed by atoms with van der Waals surface area (Å²) in [4.78, 5) is 21.9. The second-order valence-corrected chi connectivity index (χ2v) is 8.82. The molecule has 3 aromatic rings. The van der Waals surface area contributed by atoms with E-state index in [2.05, 4.69) is 18.7 Å². The number of nitrogens with zero attached hydrogens (tertiary/aromatic N) is 3. The molecule has 0 spiro atoms. The van der Waals surface area contributed by atoms with Crippen LogP contribution in [0.1, 0.15) is 20.8 Å². The number of halogens is 3. The van der Waals surface area contributed by atoms with Crippen molar-refractivity contribution in [1.82, 2.24) is 9.88 Å². The fourth-order valence-corrected chi connectivity index (χ4v) is 4.71. The van der Waals surface area contributed by atoms with Gasteiger partial charge in [-0.05, 0) is 50.3 Å². The molecule has 0 unspecified atom stereocenters. The molecule has 1 aromatic heterocycles. The van der Waals surface area contributed by atoms with Gasteiger partial charge in [0.1, 0.15) is 17.0 Å². The fourth-order valence-electron chi connectivity index (χ4n) is 3.22. The van der Waals surface area contributed by atoms with Gasteiger partial charge in [0.15, 0.2) is 11.7 Å². The van der Waals surface area contributed by atoms with Crippen molar-refractivity contribution in [2.24, 2.45) is 0 Å². The number of fused-ring (bicyclic) bond motifs is 1. The van der Waals surface area contributed by atoms with Gasteiger partial charge < -0.3 is 14.4 Å². The van der Waals surface area contributed by atoms with Crippen LogP contribution in [0.15, 0.2) is 36.4 Å². The Morgan fingerprint density at radius 2 is 1.79 bits per heavy atom. The molecule has 0 saturated carbocycles. The van der Waals surface area contributed by atoms with Crippen molar-refractivity contribution in [3.05, 3.63) is 46.4 Å². The van der Waals surface area contributed by atoms with Crippen molar-refractivity contribution in [3.8, 4) is 11.5 Å². The number of thiazole rings is 1. The van der Waals surface area contributed by atoms with E-state index < -0.39 is 0 Å². The van der Waals surface area contributed by atoms with Crippen molar-refractivity contribution < 1.29 is 14.3 Å². The zero-order valence-corrected chi connectivity index (χ0v) is 22.0. The summed E-state index contributed by atoms with van der Waals surface area (Å²) in [7, 11) is 0. The van der Waals surface area contributed by atoms with Crippen LogP contribution in [-0.2, 0) is 4.79 Å². The quantitative estimate of drug-likeness (QED) is 0.295. The predicted molar refractivity (Wildman–Crippen MR) is 140 cm³/mol. The summed E-state index contributed by atoms with van der Waals surface area (Å²) in [5, 5.41) is 1.49. The Hall–Kier alpha value is -1.77. The summed E-state index contributed by atoms with van der Waals surface area (Å²) >= 11 is 13.6. The van der Waals surface area contributed by atoms with Gasteiger partial charge in [0.05, 0.1) is 16.3 Å². The minimum absolute atomic E-state index is 0. The van der Waals surface area contributed by atoms with Crippen molar-refractivity contribution >= 4 is 68.2 Å². The van der Waals surface area contributed by atoms with E-state index in [-0.39, 0.29) is 24.9 Å². The molecule has 1 amide bonds. The zero-order valence-electron chi connectivity index (χ0n) is 18.8. The van der Waals surface area contributed by atoms with Crippen molar-refractivity contribution in [2.75, 3.05) is 44.3 Å². The maximum absolute atomic E-state index is 13.2. The van der Waals surface area contributed by atoms with Crippen LogP contribution in [0.25, 0.3) is 10.2 Å². The Bertz CT molecular complexity index is 1060. The smallest absolute Gasteiger partial charge is 0.266 e. The second-order valence-electron chi connectivity index (χ2n) is 6.97. The van der Waals surface area contributed by atoms with E-state index in [0.29, 0.717) is 39.8 Å². The van der Waals surface area contributed by atoms with Crippen LogP contribution < -0.4 is 14.4 Å². The van der Waals surface area contributed by atoms with E-state index in [0.717, 1.165) is 29.9 Å². The standard InChI is InChI=1S/C23H27Cl2N3O3S.ClH/c1-4-27(5-2)12-13-28(21(29)15-31-18-11-10-16(24)14-17(18)25)23-26-22-19(30-6-3)8-7-9-20(22)32-23;/h7-11,14H,4-6,12-13,15H2,1-3H3;1H. The highest BCUT2D eigenvalue weighted by molar-refractivity contribution is 7.22. The Balaban J connectivity index is 0.00000385. The predicted octanol–water partition coefficient (Wildman–Crippen LogP) is 6.18. The molecular weight excluding hydrogens is 505 g/mol. The number of hydrogen-bond acceptors (Lipinski definition) is 6. The second kappa shape index (κ2) is 13.2. The third-order valence-electron chi connectivity index (χ3n) is 4.98. The summed E-state index contributed by atoms with van der Waals surface area (Å²) in [5.74, 6) is 0.934. The fraction of sp³-hybridized carbons (Fsp3) is 0.391. The molecule has 0 fully saturated rings. The Kier molecular flexibility index (Phi) is 11.0. The average Bonchev–Trinajstić information content (AvgIpc) is 3.21. The normalized spacial score (nSPS) is 10.8. The van der Waals surface area contributed by atoms with Gasteiger partial charge in [0.25, 0.3) is 5.91 Å². The van der Waals surface area contributed by atoms with Crippen molar-refractivity contribution in [2.45, 2.75) is 20.8 Å². The molecule has 0 atom stereocenters. The molecule has 0 N–H and O–H groups in total. The number of anilines is 1. The third kappa shape index (κ3) is 7.11. The van der Waals surface area contributed by atoms with E-state index >= 15 is 0 Å². The first kappa shape index (κ1) is 27.5. The molecule has 1 heterocycles. The summed E-state index contributed by atoms with van der Waals surface area (Å²) in [5.41, 5.74) is 0.761. The average molecular weight is 533 g/mol. The van der Waals surface area contributed by atoms with Crippen LogP contribution in [0.2, 0.25) is 10.0 Å². The summed E-state index contributed by atoms with van der Waals surface area (Å²) in [6.07, 6.45) is 0. The van der Waals surface area contributed by atoms with Crippen molar-refractivity contribution in [1.29, 1.82) is 0 Å². The molecular formula is C23H28Cl3N3O3S. The number of para-hydroxylation sites is 1. The molecule has 6 nitrogen and oxygen atoms in total. The number of carbonyl (C=O) groups is 1. The minimum Gasteiger partial charge on any atom is -0.492 e. The lowest BCUT2D eigenvalue weighted by molar-refractivity contribution is -0.120. The number of rotatable bonds is 11. The molecule has 2 aromatic carbocycles. The number of amides is 1. The zero-order chi connectivity index (χ0) is 23.1.